The number of likely N-dealkylation sites (N-methyl/N-ethyl adjacent to an activating group) is 1. The molecule has 1 aromatic carbocycles. The predicted octanol–water partition coefficient (Wildman–Crippen LogP) is 2.23. The van der Waals surface area contributed by atoms with E-state index in [1.54, 1.807) is 33.2 Å². The summed E-state index contributed by atoms with van der Waals surface area (Å²) in [5, 5.41) is 10.1. The predicted molar refractivity (Wildman–Crippen MR) is 131 cm³/mol. The Balaban J connectivity index is 1.71. The van der Waals surface area contributed by atoms with E-state index < -0.39 is 11.4 Å². The van der Waals surface area contributed by atoms with Crippen LogP contribution < -0.4 is 20.1 Å². The Labute approximate surface area is 206 Å². The van der Waals surface area contributed by atoms with E-state index in [0.29, 0.717) is 30.6 Å². The Kier molecular flexibility index (Phi) is 8.03. The zero-order valence-corrected chi connectivity index (χ0v) is 21.3. The highest BCUT2D eigenvalue weighted by molar-refractivity contribution is 6.01. The molecule has 10 nitrogen and oxygen atoms in total. The van der Waals surface area contributed by atoms with Gasteiger partial charge < -0.3 is 25.0 Å². The molecule has 1 aromatic heterocycles. The van der Waals surface area contributed by atoms with Crippen molar-refractivity contribution >= 4 is 17.7 Å². The zero-order chi connectivity index (χ0) is 25.8. The van der Waals surface area contributed by atoms with Crippen molar-refractivity contribution in [2.75, 3.05) is 27.3 Å². The molecule has 0 aliphatic carbocycles. The van der Waals surface area contributed by atoms with Gasteiger partial charge in [-0.05, 0) is 43.9 Å². The maximum atomic E-state index is 13.0. The summed E-state index contributed by atoms with van der Waals surface area (Å²) < 4.78 is 12.3. The van der Waals surface area contributed by atoms with Crippen molar-refractivity contribution in [3.8, 4) is 11.5 Å². The van der Waals surface area contributed by atoms with Crippen LogP contribution in [0.4, 0.5) is 0 Å². The number of amides is 3. The maximum Gasteiger partial charge on any atom is 0.272 e. The number of hydrogen-bond donors (Lipinski definition) is 2. The minimum Gasteiger partial charge on any atom is -0.493 e. The number of carbonyl (C=O) groups is 3. The van der Waals surface area contributed by atoms with Crippen molar-refractivity contribution in [1.82, 2.24) is 25.3 Å². The van der Waals surface area contributed by atoms with E-state index in [2.05, 4.69) is 29.6 Å². The monoisotopic (exact) mass is 485 g/mol. The lowest BCUT2D eigenvalue weighted by Crippen LogP contribution is -2.62. The molecule has 1 aliphatic heterocycles. The summed E-state index contributed by atoms with van der Waals surface area (Å²) in [4.78, 5) is 40.2. The van der Waals surface area contributed by atoms with Crippen LogP contribution in [-0.4, -0.2) is 65.2 Å². The van der Waals surface area contributed by atoms with E-state index in [0.717, 1.165) is 12.0 Å². The molecule has 1 aliphatic rings. The molecular weight excluding hydrogens is 450 g/mol. The molecule has 2 aromatic rings. The summed E-state index contributed by atoms with van der Waals surface area (Å²) in [6, 6.07) is 6.89. The van der Waals surface area contributed by atoms with Gasteiger partial charge in [0.2, 0.25) is 5.91 Å². The topological polar surface area (TPSA) is 115 Å². The van der Waals surface area contributed by atoms with Gasteiger partial charge in [-0.15, -0.1) is 0 Å². The van der Waals surface area contributed by atoms with Gasteiger partial charge in [0.1, 0.15) is 11.2 Å². The summed E-state index contributed by atoms with van der Waals surface area (Å²) in [5.74, 6) is 0.641. The Morgan fingerprint density at radius 1 is 1.20 bits per heavy atom. The minimum atomic E-state index is -1.11. The van der Waals surface area contributed by atoms with Gasteiger partial charge in [-0.2, -0.15) is 5.10 Å². The lowest BCUT2D eigenvalue weighted by Gasteiger charge is -2.40. The van der Waals surface area contributed by atoms with Crippen LogP contribution in [-0.2, 0) is 17.9 Å². The molecule has 0 bridgehead atoms. The average molecular weight is 486 g/mol. The van der Waals surface area contributed by atoms with Gasteiger partial charge in [-0.25, -0.2) is 0 Å². The van der Waals surface area contributed by atoms with Crippen molar-refractivity contribution in [3.63, 3.8) is 0 Å². The van der Waals surface area contributed by atoms with Crippen LogP contribution in [0.2, 0.25) is 0 Å². The van der Waals surface area contributed by atoms with Crippen molar-refractivity contribution in [2.24, 2.45) is 5.92 Å². The van der Waals surface area contributed by atoms with E-state index in [9.17, 15) is 14.4 Å². The normalized spacial score (nSPS) is 17.2. The van der Waals surface area contributed by atoms with Crippen molar-refractivity contribution in [3.05, 3.63) is 41.2 Å². The van der Waals surface area contributed by atoms with Gasteiger partial charge in [0.25, 0.3) is 11.8 Å². The van der Waals surface area contributed by atoms with Crippen LogP contribution in [0.1, 0.15) is 60.7 Å². The molecule has 0 saturated heterocycles. The van der Waals surface area contributed by atoms with Gasteiger partial charge in [-0.3, -0.25) is 19.1 Å². The molecule has 190 valence electrons. The molecule has 0 radical (unpaired) electrons. The Morgan fingerprint density at radius 3 is 2.60 bits per heavy atom. The van der Waals surface area contributed by atoms with E-state index in [-0.39, 0.29) is 36.3 Å². The number of nitrogens with one attached hydrogen (secondary N) is 2. The lowest BCUT2D eigenvalue weighted by molar-refractivity contribution is -0.132. The van der Waals surface area contributed by atoms with Gasteiger partial charge in [0.15, 0.2) is 17.2 Å². The third-order valence-corrected chi connectivity index (χ3v) is 6.21. The molecule has 35 heavy (non-hydrogen) atoms. The highest BCUT2D eigenvalue weighted by Gasteiger charge is 2.46. The van der Waals surface area contributed by atoms with Crippen molar-refractivity contribution in [1.29, 1.82) is 0 Å². The van der Waals surface area contributed by atoms with Crippen LogP contribution in [0.25, 0.3) is 0 Å². The highest BCUT2D eigenvalue weighted by Crippen LogP contribution is 2.28. The molecule has 0 spiro atoms. The van der Waals surface area contributed by atoms with Crippen LogP contribution in [0, 0.1) is 5.92 Å². The summed E-state index contributed by atoms with van der Waals surface area (Å²) >= 11 is 0. The minimum absolute atomic E-state index is 0.115. The molecule has 1 atom stereocenters. The van der Waals surface area contributed by atoms with Crippen LogP contribution in [0.5, 0.6) is 11.5 Å². The number of methoxy groups -OCH3 is 1. The molecule has 2 heterocycles. The molecular formula is C25H35N5O5. The molecule has 3 amide bonds. The second-order valence-electron chi connectivity index (χ2n) is 9.25. The van der Waals surface area contributed by atoms with Crippen LogP contribution in [0.3, 0.4) is 0 Å². The second kappa shape index (κ2) is 10.8. The standard InChI is InChI=1S/C25H35N5O5/c1-7-35-20-9-8-17(12-21(20)34-6)14-27-22(31)18-13-19-23(32)29(5)25(4,15-30(19)28-18)24(33)26-11-10-16(2)3/h8-9,12-13,16H,7,10-11,14-15H2,1-6H3,(H,26,33)(H,27,31)/t25-/m1/s1. The summed E-state index contributed by atoms with van der Waals surface area (Å²) in [6.07, 6.45) is 0.844. The smallest absolute Gasteiger partial charge is 0.272 e. The van der Waals surface area contributed by atoms with Crippen LogP contribution >= 0.6 is 0 Å². The Morgan fingerprint density at radius 2 is 1.94 bits per heavy atom. The van der Waals surface area contributed by atoms with Crippen molar-refractivity contribution < 1.29 is 23.9 Å². The largest absolute Gasteiger partial charge is 0.493 e. The molecule has 10 heteroatoms. The maximum absolute atomic E-state index is 13.0. The number of benzene rings is 1. The molecule has 3 rings (SSSR count). The third-order valence-electron chi connectivity index (χ3n) is 6.21. The summed E-state index contributed by atoms with van der Waals surface area (Å²) in [7, 11) is 3.15. The number of fused-ring (bicyclic) bond motifs is 1. The number of nitrogens with zero attached hydrogens (tertiary/aromatic N) is 3. The third kappa shape index (κ3) is 5.58. The fourth-order valence-corrected chi connectivity index (χ4v) is 3.87. The second-order valence-corrected chi connectivity index (χ2v) is 9.25. The molecule has 2 N–H and O–H groups in total. The van der Waals surface area contributed by atoms with E-state index in [1.807, 2.05) is 13.0 Å². The Hall–Kier alpha value is -3.56. The van der Waals surface area contributed by atoms with Gasteiger partial charge in [0, 0.05) is 26.2 Å². The van der Waals surface area contributed by atoms with Gasteiger partial charge in [0.05, 0.1) is 20.3 Å². The Bertz CT molecular complexity index is 1100. The molecule has 0 unspecified atom stereocenters. The number of ether oxygens (including phenoxy) is 2. The molecule has 0 saturated carbocycles. The SMILES string of the molecule is CCOc1ccc(CNC(=O)c2cc3n(n2)C[C@](C)(C(=O)NCCC(C)C)N(C)C3=O)cc1OC. The number of aromatic nitrogens is 2. The van der Waals surface area contributed by atoms with Gasteiger partial charge in [-0.1, -0.05) is 19.9 Å². The average Bonchev–Trinajstić information content (AvgIpc) is 3.25. The summed E-state index contributed by atoms with van der Waals surface area (Å²) in [5.41, 5.74) is 0.0979. The number of carbonyl (C=O) groups excluding carboxylic acids is 3. The number of hydrogen-bond acceptors (Lipinski definition) is 6. The first-order valence-electron chi connectivity index (χ1n) is 11.8. The van der Waals surface area contributed by atoms with E-state index in [1.165, 1.54) is 15.6 Å². The number of rotatable bonds is 10. The van der Waals surface area contributed by atoms with E-state index in [4.69, 9.17) is 9.47 Å². The zero-order valence-electron chi connectivity index (χ0n) is 21.3. The first kappa shape index (κ1) is 26.1. The fourth-order valence-electron chi connectivity index (χ4n) is 3.87. The fraction of sp³-hybridized carbons (Fsp3) is 0.520. The highest BCUT2D eigenvalue weighted by atomic mass is 16.5. The van der Waals surface area contributed by atoms with Gasteiger partial charge >= 0.3 is 0 Å². The summed E-state index contributed by atoms with van der Waals surface area (Å²) in [6.45, 7) is 9.21. The lowest BCUT2D eigenvalue weighted by atomic mass is 9.95. The van der Waals surface area contributed by atoms with Crippen molar-refractivity contribution in [2.45, 2.75) is 52.7 Å². The first-order chi connectivity index (χ1) is 16.6. The van der Waals surface area contributed by atoms with Crippen LogP contribution in [0.15, 0.2) is 24.3 Å². The van der Waals surface area contributed by atoms with E-state index >= 15 is 0 Å². The first-order valence-corrected chi connectivity index (χ1v) is 11.8. The molecule has 0 fully saturated rings. The quantitative estimate of drug-likeness (QED) is 0.533.